The van der Waals surface area contributed by atoms with Crippen LogP contribution in [0.2, 0.25) is 0 Å². The molecule has 0 radical (unpaired) electrons. The molecule has 6 nitrogen and oxygen atoms in total. The van der Waals surface area contributed by atoms with Gasteiger partial charge >= 0.3 is 0 Å². The summed E-state index contributed by atoms with van der Waals surface area (Å²) < 4.78 is 13.6. The number of hydrogen-bond donors (Lipinski definition) is 0. The third-order valence-corrected chi connectivity index (χ3v) is 5.30. The predicted molar refractivity (Wildman–Crippen MR) is 95.4 cm³/mol. The summed E-state index contributed by atoms with van der Waals surface area (Å²) in [6, 6.07) is 2.29. The van der Waals surface area contributed by atoms with Crippen molar-refractivity contribution >= 4 is 5.91 Å². The summed E-state index contributed by atoms with van der Waals surface area (Å²) in [5.41, 5.74) is 2.17. The number of ether oxygens (including phenoxy) is 2. The highest BCUT2D eigenvalue weighted by molar-refractivity contribution is 5.81. The lowest BCUT2D eigenvalue weighted by Crippen LogP contribution is -2.44. The van der Waals surface area contributed by atoms with Gasteiger partial charge < -0.3 is 14.4 Å². The highest BCUT2D eigenvalue weighted by Crippen LogP contribution is 2.22. The minimum Gasteiger partial charge on any atom is -0.376 e. The van der Waals surface area contributed by atoms with Crippen molar-refractivity contribution in [3.8, 4) is 0 Å². The first-order chi connectivity index (χ1) is 12.0. The van der Waals surface area contributed by atoms with Crippen LogP contribution in [0.25, 0.3) is 0 Å². The van der Waals surface area contributed by atoms with E-state index in [1.165, 1.54) is 6.42 Å². The third kappa shape index (κ3) is 4.61. The van der Waals surface area contributed by atoms with Gasteiger partial charge in [-0.05, 0) is 58.9 Å². The second-order valence-corrected chi connectivity index (χ2v) is 7.40. The molecule has 0 N–H and O–H groups in total. The molecule has 6 heteroatoms. The van der Waals surface area contributed by atoms with Gasteiger partial charge in [0.15, 0.2) is 0 Å². The molecule has 2 saturated heterocycles. The fourth-order valence-electron chi connectivity index (χ4n) is 3.87. The van der Waals surface area contributed by atoms with Gasteiger partial charge in [-0.25, -0.2) is 0 Å². The van der Waals surface area contributed by atoms with E-state index in [1.807, 2.05) is 23.4 Å². The Balaban J connectivity index is 1.53. The molecular formula is C19H31N3O3. The maximum Gasteiger partial charge on any atom is 0.251 e. The summed E-state index contributed by atoms with van der Waals surface area (Å²) in [4.78, 5) is 14.8. The van der Waals surface area contributed by atoms with Crippen LogP contribution in [0.3, 0.4) is 0 Å². The maximum absolute atomic E-state index is 12.8. The van der Waals surface area contributed by atoms with E-state index in [4.69, 9.17) is 9.47 Å². The molecule has 25 heavy (non-hydrogen) atoms. The first kappa shape index (κ1) is 18.4. The molecule has 1 aromatic rings. The molecule has 0 unspecified atom stereocenters. The van der Waals surface area contributed by atoms with E-state index < -0.39 is 6.10 Å². The highest BCUT2D eigenvalue weighted by Gasteiger charge is 2.32. The minimum absolute atomic E-state index is 0.0971. The summed E-state index contributed by atoms with van der Waals surface area (Å²) in [5, 5.41) is 4.54. The molecule has 0 saturated carbocycles. The molecular weight excluding hydrogens is 318 g/mol. The van der Waals surface area contributed by atoms with Crippen molar-refractivity contribution in [3.05, 3.63) is 17.5 Å². The summed E-state index contributed by atoms with van der Waals surface area (Å²) >= 11 is 0. The van der Waals surface area contributed by atoms with Gasteiger partial charge in [0.25, 0.3) is 5.91 Å². The van der Waals surface area contributed by atoms with Gasteiger partial charge in [0.2, 0.25) is 0 Å². The summed E-state index contributed by atoms with van der Waals surface area (Å²) in [6.07, 6.45) is 5.17. The SMILES string of the molecule is Cc1cc(C)n(C[C@@H]2CCCN2C(=O)[C@@H](C)OC[C@@H]2CCCCO2)n1. The molecule has 1 amide bonds. The van der Waals surface area contributed by atoms with Crippen LogP contribution in [-0.4, -0.2) is 58.6 Å². The topological polar surface area (TPSA) is 56.6 Å². The Labute approximate surface area is 150 Å². The number of amides is 1. The first-order valence-corrected chi connectivity index (χ1v) is 9.59. The van der Waals surface area contributed by atoms with Crippen LogP contribution >= 0.6 is 0 Å². The Morgan fingerprint density at radius 2 is 2.20 bits per heavy atom. The van der Waals surface area contributed by atoms with E-state index in [2.05, 4.69) is 18.1 Å². The molecule has 140 valence electrons. The van der Waals surface area contributed by atoms with Gasteiger partial charge in [-0.2, -0.15) is 5.10 Å². The van der Waals surface area contributed by atoms with E-state index in [9.17, 15) is 4.79 Å². The fraction of sp³-hybridized carbons (Fsp3) is 0.789. The van der Waals surface area contributed by atoms with Crippen molar-refractivity contribution < 1.29 is 14.3 Å². The molecule has 3 atom stereocenters. The Kier molecular flexibility index (Phi) is 6.12. The number of aromatic nitrogens is 2. The first-order valence-electron chi connectivity index (χ1n) is 9.59. The zero-order valence-electron chi connectivity index (χ0n) is 15.7. The van der Waals surface area contributed by atoms with Crippen molar-refractivity contribution in [2.45, 2.75) is 77.7 Å². The Hall–Kier alpha value is -1.40. The standard InChI is InChI=1S/C19H31N3O3/c1-14-11-15(2)22(20-14)12-17-7-6-9-21(17)19(23)16(3)25-13-18-8-4-5-10-24-18/h11,16-18H,4-10,12-13H2,1-3H3/t16-,17+,18+/m1/s1. The summed E-state index contributed by atoms with van der Waals surface area (Å²) in [6.45, 7) is 8.85. The number of carbonyl (C=O) groups is 1. The van der Waals surface area contributed by atoms with E-state index >= 15 is 0 Å². The number of likely N-dealkylation sites (tertiary alicyclic amines) is 1. The third-order valence-electron chi connectivity index (χ3n) is 5.30. The zero-order chi connectivity index (χ0) is 17.8. The minimum atomic E-state index is -0.411. The van der Waals surface area contributed by atoms with Crippen LogP contribution in [0.1, 0.15) is 50.4 Å². The smallest absolute Gasteiger partial charge is 0.251 e. The summed E-state index contributed by atoms with van der Waals surface area (Å²) in [5.74, 6) is 0.0971. The Bertz CT molecular complexity index is 580. The van der Waals surface area contributed by atoms with E-state index in [0.29, 0.717) is 6.61 Å². The largest absolute Gasteiger partial charge is 0.376 e. The lowest BCUT2D eigenvalue weighted by atomic mass is 10.1. The van der Waals surface area contributed by atoms with Crippen molar-refractivity contribution in [1.82, 2.24) is 14.7 Å². The number of aryl methyl sites for hydroxylation is 2. The van der Waals surface area contributed by atoms with Crippen LogP contribution in [0, 0.1) is 13.8 Å². The van der Waals surface area contributed by atoms with E-state index in [-0.39, 0.29) is 18.1 Å². The van der Waals surface area contributed by atoms with Gasteiger partial charge in [0.05, 0.1) is 31.0 Å². The maximum atomic E-state index is 12.8. The second-order valence-electron chi connectivity index (χ2n) is 7.40. The molecule has 2 aliphatic heterocycles. The van der Waals surface area contributed by atoms with Crippen LogP contribution < -0.4 is 0 Å². The lowest BCUT2D eigenvalue weighted by Gasteiger charge is -2.29. The van der Waals surface area contributed by atoms with Gasteiger partial charge in [0.1, 0.15) is 6.10 Å². The average Bonchev–Trinajstić information content (AvgIpc) is 3.19. The van der Waals surface area contributed by atoms with Gasteiger partial charge in [0, 0.05) is 18.8 Å². The van der Waals surface area contributed by atoms with Crippen LogP contribution in [0.5, 0.6) is 0 Å². The van der Waals surface area contributed by atoms with Crippen molar-refractivity contribution in [1.29, 1.82) is 0 Å². The predicted octanol–water partition coefficient (Wildman–Crippen LogP) is 2.47. The highest BCUT2D eigenvalue weighted by atomic mass is 16.5. The molecule has 2 fully saturated rings. The van der Waals surface area contributed by atoms with E-state index in [0.717, 1.165) is 56.8 Å². The number of rotatable bonds is 6. The monoisotopic (exact) mass is 349 g/mol. The molecule has 3 rings (SSSR count). The Morgan fingerprint density at radius 3 is 2.88 bits per heavy atom. The molecule has 0 aliphatic carbocycles. The van der Waals surface area contributed by atoms with Crippen LogP contribution in [-0.2, 0) is 20.8 Å². The molecule has 3 heterocycles. The number of hydrogen-bond acceptors (Lipinski definition) is 4. The molecule has 0 bridgehead atoms. The zero-order valence-corrected chi connectivity index (χ0v) is 15.7. The quantitative estimate of drug-likeness (QED) is 0.792. The molecule has 2 aliphatic rings. The van der Waals surface area contributed by atoms with Crippen molar-refractivity contribution in [2.75, 3.05) is 19.8 Å². The number of nitrogens with zero attached hydrogens (tertiary/aromatic N) is 3. The second kappa shape index (κ2) is 8.32. The molecule has 0 spiro atoms. The van der Waals surface area contributed by atoms with Crippen molar-refractivity contribution in [3.63, 3.8) is 0 Å². The van der Waals surface area contributed by atoms with E-state index in [1.54, 1.807) is 0 Å². The Morgan fingerprint density at radius 1 is 1.36 bits per heavy atom. The average molecular weight is 349 g/mol. The van der Waals surface area contributed by atoms with Gasteiger partial charge in [-0.1, -0.05) is 0 Å². The van der Waals surface area contributed by atoms with Crippen molar-refractivity contribution in [2.24, 2.45) is 0 Å². The fourth-order valence-corrected chi connectivity index (χ4v) is 3.87. The molecule has 0 aromatic carbocycles. The van der Waals surface area contributed by atoms with Crippen LogP contribution in [0.4, 0.5) is 0 Å². The van der Waals surface area contributed by atoms with Gasteiger partial charge in [-0.15, -0.1) is 0 Å². The summed E-state index contributed by atoms with van der Waals surface area (Å²) in [7, 11) is 0. The lowest BCUT2D eigenvalue weighted by molar-refractivity contribution is -0.147. The normalized spacial score (nSPS) is 25.3. The molecule has 1 aromatic heterocycles. The van der Waals surface area contributed by atoms with Gasteiger partial charge in [-0.3, -0.25) is 9.48 Å². The number of carbonyl (C=O) groups excluding carboxylic acids is 1. The van der Waals surface area contributed by atoms with Crippen LogP contribution in [0.15, 0.2) is 6.07 Å².